The van der Waals surface area contributed by atoms with Gasteiger partial charge in [0.25, 0.3) is 0 Å². The number of benzene rings is 1. The van der Waals surface area contributed by atoms with Gasteiger partial charge in [0.2, 0.25) is 0 Å². The van der Waals surface area contributed by atoms with Crippen molar-refractivity contribution in [2.24, 2.45) is 0 Å². The molecule has 0 fully saturated rings. The van der Waals surface area contributed by atoms with Gasteiger partial charge in [0, 0.05) is 44.1 Å². The second kappa shape index (κ2) is 7.50. The average molecular weight is 278 g/mol. The summed E-state index contributed by atoms with van der Waals surface area (Å²) >= 11 is 0. The van der Waals surface area contributed by atoms with E-state index in [1.54, 1.807) is 0 Å². The van der Waals surface area contributed by atoms with Crippen molar-refractivity contribution in [1.29, 1.82) is 0 Å². The molecule has 0 unspecified atom stereocenters. The van der Waals surface area contributed by atoms with E-state index in [-0.39, 0.29) is 6.29 Å². The van der Waals surface area contributed by atoms with Gasteiger partial charge in [0.05, 0.1) is 0 Å². The fourth-order valence-electron chi connectivity index (χ4n) is 2.81. The molecule has 4 nitrogen and oxygen atoms in total. The quantitative estimate of drug-likeness (QED) is 0.615. The first-order valence-electron chi connectivity index (χ1n) is 7.61. The van der Waals surface area contributed by atoms with E-state index in [0.717, 1.165) is 38.0 Å². The second-order valence-corrected chi connectivity index (χ2v) is 5.06. The van der Waals surface area contributed by atoms with Crippen molar-refractivity contribution in [2.45, 2.75) is 39.4 Å². The Morgan fingerprint density at radius 1 is 1.25 bits per heavy atom. The molecular weight excluding hydrogens is 252 g/mol. The number of hydrogen-bond acceptors (Lipinski definition) is 4. The van der Waals surface area contributed by atoms with Gasteiger partial charge < -0.3 is 20.1 Å². The highest BCUT2D eigenvalue weighted by molar-refractivity contribution is 5.66. The van der Waals surface area contributed by atoms with E-state index in [9.17, 15) is 0 Å². The molecule has 1 heterocycles. The summed E-state index contributed by atoms with van der Waals surface area (Å²) in [6, 6.07) is 6.20. The summed E-state index contributed by atoms with van der Waals surface area (Å²) in [7, 11) is 0. The van der Waals surface area contributed by atoms with Crippen LogP contribution in [0, 0.1) is 0 Å². The molecule has 1 aliphatic rings. The standard InChI is InChI=1S/C16H26N2O2/c1-3-19-16(20-4-2)10-12-18-11-6-7-13-14(17)8-5-9-15(13)18/h5,8-9,16H,3-4,6-7,10-12,17H2,1-2H3. The molecule has 0 aromatic heterocycles. The first-order valence-corrected chi connectivity index (χ1v) is 7.61. The Kier molecular flexibility index (Phi) is 5.68. The van der Waals surface area contributed by atoms with Crippen molar-refractivity contribution in [3.8, 4) is 0 Å². The Morgan fingerprint density at radius 2 is 2.00 bits per heavy atom. The SMILES string of the molecule is CCOC(CCN1CCCc2c(N)cccc21)OCC. The molecule has 1 aromatic carbocycles. The van der Waals surface area contributed by atoms with Crippen LogP contribution in [0.1, 0.15) is 32.3 Å². The first-order chi connectivity index (χ1) is 9.76. The van der Waals surface area contributed by atoms with Crippen molar-refractivity contribution in [3.63, 3.8) is 0 Å². The third-order valence-electron chi connectivity index (χ3n) is 3.72. The first kappa shape index (κ1) is 15.1. The zero-order chi connectivity index (χ0) is 14.4. The Morgan fingerprint density at radius 3 is 2.70 bits per heavy atom. The van der Waals surface area contributed by atoms with Crippen molar-refractivity contribution in [2.75, 3.05) is 36.9 Å². The summed E-state index contributed by atoms with van der Waals surface area (Å²) in [4.78, 5) is 2.40. The average Bonchev–Trinajstić information content (AvgIpc) is 2.46. The number of rotatable bonds is 7. The molecule has 0 aliphatic carbocycles. The Labute approximate surface area is 121 Å². The van der Waals surface area contributed by atoms with E-state index in [4.69, 9.17) is 15.2 Å². The largest absolute Gasteiger partial charge is 0.398 e. The zero-order valence-corrected chi connectivity index (χ0v) is 12.6. The molecule has 4 heteroatoms. The fourth-order valence-corrected chi connectivity index (χ4v) is 2.81. The maximum atomic E-state index is 6.08. The van der Waals surface area contributed by atoms with E-state index in [0.29, 0.717) is 13.2 Å². The maximum Gasteiger partial charge on any atom is 0.159 e. The van der Waals surface area contributed by atoms with Crippen LogP contribution in [0.15, 0.2) is 18.2 Å². The van der Waals surface area contributed by atoms with E-state index >= 15 is 0 Å². The van der Waals surface area contributed by atoms with Crippen LogP contribution in [0.5, 0.6) is 0 Å². The monoisotopic (exact) mass is 278 g/mol. The van der Waals surface area contributed by atoms with Gasteiger partial charge in [-0.25, -0.2) is 0 Å². The van der Waals surface area contributed by atoms with Crippen molar-refractivity contribution in [1.82, 2.24) is 0 Å². The van der Waals surface area contributed by atoms with Crippen LogP contribution in [-0.2, 0) is 15.9 Å². The molecule has 2 N–H and O–H groups in total. The molecule has 0 saturated carbocycles. The number of nitrogens with zero attached hydrogens (tertiary/aromatic N) is 1. The van der Waals surface area contributed by atoms with E-state index in [2.05, 4.69) is 11.0 Å². The summed E-state index contributed by atoms with van der Waals surface area (Å²) in [5.74, 6) is 0. The van der Waals surface area contributed by atoms with Crippen LogP contribution in [0.2, 0.25) is 0 Å². The molecule has 0 spiro atoms. The van der Waals surface area contributed by atoms with Gasteiger partial charge in [-0.1, -0.05) is 6.07 Å². The second-order valence-electron chi connectivity index (χ2n) is 5.06. The van der Waals surface area contributed by atoms with Gasteiger partial charge in [-0.2, -0.15) is 0 Å². The molecule has 1 aromatic rings. The van der Waals surface area contributed by atoms with E-state index in [1.165, 1.54) is 11.3 Å². The number of nitrogen functional groups attached to an aromatic ring is 1. The summed E-state index contributed by atoms with van der Waals surface area (Å²) in [5.41, 5.74) is 9.57. The van der Waals surface area contributed by atoms with Gasteiger partial charge in [-0.05, 0) is 44.4 Å². The number of ether oxygens (including phenoxy) is 2. The molecule has 0 saturated heterocycles. The van der Waals surface area contributed by atoms with Crippen LogP contribution in [0.3, 0.4) is 0 Å². The minimum atomic E-state index is -0.101. The predicted molar refractivity (Wildman–Crippen MR) is 83.0 cm³/mol. The number of hydrogen-bond donors (Lipinski definition) is 1. The Balaban J connectivity index is 1.99. The maximum absolute atomic E-state index is 6.08. The predicted octanol–water partition coefficient (Wildman–Crippen LogP) is 2.81. The third kappa shape index (κ3) is 3.64. The van der Waals surface area contributed by atoms with Crippen LogP contribution in [0.4, 0.5) is 11.4 Å². The summed E-state index contributed by atoms with van der Waals surface area (Å²) in [6.07, 6.45) is 3.03. The lowest BCUT2D eigenvalue weighted by molar-refractivity contribution is -0.138. The fraction of sp³-hybridized carbons (Fsp3) is 0.625. The molecule has 20 heavy (non-hydrogen) atoms. The minimum Gasteiger partial charge on any atom is -0.398 e. The van der Waals surface area contributed by atoms with Crippen molar-refractivity contribution in [3.05, 3.63) is 23.8 Å². The molecule has 0 radical (unpaired) electrons. The Hall–Kier alpha value is -1.26. The number of nitrogens with two attached hydrogens (primary N) is 1. The summed E-state index contributed by atoms with van der Waals surface area (Å²) < 4.78 is 11.2. The molecule has 0 amide bonds. The van der Waals surface area contributed by atoms with Crippen LogP contribution in [-0.4, -0.2) is 32.6 Å². The van der Waals surface area contributed by atoms with Crippen molar-refractivity contribution < 1.29 is 9.47 Å². The Bertz CT molecular complexity index is 417. The van der Waals surface area contributed by atoms with E-state index < -0.39 is 0 Å². The van der Waals surface area contributed by atoms with Crippen LogP contribution < -0.4 is 10.6 Å². The lowest BCUT2D eigenvalue weighted by Gasteiger charge is -2.33. The molecule has 0 atom stereocenters. The van der Waals surface area contributed by atoms with Gasteiger partial charge in [-0.15, -0.1) is 0 Å². The normalized spacial score (nSPS) is 14.7. The van der Waals surface area contributed by atoms with Gasteiger partial charge in [-0.3, -0.25) is 0 Å². The van der Waals surface area contributed by atoms with Crippen molar-refractivity contribution >= 4 is 11.4 Å². The van der Waals surface area contributed by atoms with Crippen LogP contribution in [0.25, 0.3) is 0 Å². The lowest BCUT2D eigenvalue weighted by Crippen LogP contribution is -2.33. The van der Waals surface area contributed by atoms with E-state index in [1.807, 2.05) is 26.0 Å². The smallest absolute Gasteiger partial charge is 0.159 e. The van der Waals surface area contributed by atoms with Crippen LogP contribution >= 0.6 is 0 Å². The summed E-state index contributed by atoms with van der Waals surface area (Å²) in [6.45, 7) is 7.41. The van der Waals surface area contributed by atoms with Gasteiger partial charge in [0.1, 0.15) is 0 Å². The topological polar surface area (TPSA) is 47.7 Å². The molecular formula is C16H26N2O2. The summed E-state index contributed by atoms with van der Waals surface area (Å²) in [5, 5.41) is 0. The zero-order valence-electron chi connectivity index (χ0n) is 12.6. The van der Waals surface area contributed by atoms with Gasteiger partial charge >= 0.3 is 0 Å². The number of anilines is 2. The third-order valence-corrected chi connectivity index (χ3v) is 3.72. The minimum absolute atomic E-state index is 0.101. The molecule has 0 bridgehead atoms. The van der Waals surface area contributed by atoms with Gasteiger partial charge in [0.15, 0.2) is 6.29 Å². The number of fused-ring (bicyclic) bond motifs is 1. The molecule has 2 rings (SSSR count). The molecule has 1 aliphatic heterocycles. The molecule has 112 valence electrons. The highest BCUT2D eigenvalue weighted by Gasteiger charge is 2.19. The lowest BCUT2D eigenvalue weighted by atomic mass is 10.00. The highest BCUT2D eigenvalue weighted by Crippen LogP contribution is 2.31. The highest BCUT2D eigenvalue weighted by atomic mass is 16.7.